The Bertz CT molecular complexity index is 594. The van der Waals surface area contributed by atoms with Crippen molar-refractivity contribution in [1.82, 2.24) is 5.32 Å². The number of nitrogens with one attached hydrogen (secondary N) is 1. The molecule has 0 saturated carbocycles. The summed E-state index contributed by atoms with van der Waals surface area (Å²) < 4.78 is 21.5. The summed E-state index contributed by atoms with van der Waals surface area (Å²) in [5, 5.41) is 2.34. The van der Waals surface area contributed by atoms with Gasteiger partial charge in [0.05, 0.1) is 7.11 Å². The van der Waals surface area contributed by atoms with Crippen LogP contribution in [0.25, 0.3) is 0 Å². The largest absolute Gasteiger partial charge is 0.466 e. The number of allylic oxidation sites excluding steroid dienone is 2. The second-order valence-electron chi connectivity index (χ2n) is 7.89. The van der Waals surface area contributed by atoms with Crippen molar-refractivity contribution in [2.24, 2.45) is 5.73 Å². The molecule has 1 fully saturated rings. The van der Waals surface area contributed by atoms with Gasteiger partial charge in [0.25, 0.3) is 0 Å². The van der Waals surface area contributed by atoms with Crippen LogP contribution in [-0.2, 0) is 28.5 Å². The summed E-state index contributed by atoms with van der Waals surface area (Å²) in [4.78, 5) is 37.3. The molecule has 0 radical (unpaired) electrons. The summed E-state index contributed by atoms with van der Waals surface area (Å²) in [5.41, 5.74) is 3.31. The third-order valence-electron chi connectivity index (χ3n) is 4.12. The number of methoxy groups -OCH3 is 1. The zero-order valence-corrected chi connectivity index (χ0v) is 18.0. The third kappa shape index (κ3) is 8.51. The molecule has 1 aliphatic heterocycles. The number of rotatable bonds is 9. The van der Waals surface area contributed by atoms with Crippen LogP contribution in [0.15, 0.2) is 12.2 Å². The number of amides is 1. The van der Waals surface area contributed by atoms with E-state index in [-0.39, 0.29) is 12.2 Å². The molecule has 0 spiro atoms. The van der Waals surface area contributed by atoms with E-state index in [9.17, 15) is 14.4 Å². The van der Waals surface area contributed by atoms with Crippen molar-refractivity contribution >= 4 is 17.8 Å². The summed E-state index contributed by atoms with van der Waals surface area (Å²) >= 11 is 0. The van der Waals surface area contributed by atoms with E-state index in [1.807, 2.05) is 6.92 Å². The first-order chi connectivity index (χ1) is 13.5. The van der Waals surface area contributed by atoms with E-state index < -0.39 is 35.7 Å². The number of ketones is 1. The Kier molecular flexibility index (Phi) is 9.75. The monoisotopic (exact) mass is 414 g/mol. The van der Waals surface area contributed by atoms with Gasteiger partial charge in [-0.15, -0.1) is 0 Å². The number of nitrogens with two attached hydrogens (primary N) is 1. The molecule has 0 bridgehead atoms. The predicted molar refractivity (Wildman–Crippen MR) is 106 cm³/mol. The first kappa shape index (κ1) is 25.1. The molecule has 3 N–H and O–H groups in total. The molecule has 0 aromatic rings. The number of hydrogen-bond acceptors (Lipinski definition) is 8. The molecule has 29 heavy (non-hydrogen) atoms. The highest BCUT2D eigenvalue weighted by atomic mass is 16.7. The maximum Gasteiger partial charge on any atom is 0.409 e. The maximum atomic E-state index is 12.5. The van der Waals surface area contributed by atoms with Crippen molar-refractivity contribution in [2.75, 3.05) is 13.7 Å². The SMILES string of the molecule is CCC=CC(=O)C[C@@H](OC1CCCCO1)[C@](N)(NC(=O)OC(C)(C)C)C(=O)OC. The first-order valence-electron chi connectivity index (χ1n) is 9.86. The minimum Gasteiger partial charge on any atom is -0.466 e. The van der Waals surface area contributed by atoms with Gasteiger partial charge in [-0.2, -0.15) is 0 Å². The number of esters is 1. The predicted octanol–water partition coefficient (Wildman–Crippen LogP) is 2.18. The Balaban J connectivity index is 3.14. The second-order valence-corrected chi connectivity index (χ2v) is 7.89. The molecule has 1 heterocycles. The minimum absolute atomic E-state index is 0.252. The normalized spacial score (nSPS) is 20.6. The van der Waals surface area contributed by atoms with Crippen LogP contribution in [0.1, 0.15) is 59.8 Å². The Morgan fingerprint density at radius 2 is 1.97 bits per heavy atom. The van der Waals surface area contributed by atoms with Crippen LogP contribution in [-0.4, -0.2) is 55.2 Å². The zero-order chi connectivity index (χ0) is 22.1. The average Bonchev–Trinajstić information content (AvgIpc) is 2.64. The van der Waals surface area contributed by atoms with E-state index >= 15 is 0 Å². The quantitative estimate of drug-likeness (QED) is 0.334. The number of hydrogen-bond donors (Lipinski definition) is 2. The smallest absolute Gasteiger partial charge is 0.409 e. The van der Waals surface area contributed by atoms with Crippen LogP contribution in [0.5, 0.6) is 0 Å². The topological polar surface area (TPSA) is 126 Å². The van der Waals surface area contributed by atoms with Gasteiger partial charge in [-0.05, 0) is 52.5 Å². The molecule has 9 heteroatoms. The molecule has 3 atom stereocenters. The molecular weight excluding hydrogens is 380 g/mol. The molecule has 166 valence electrons. The Hall–Kier alpha value is -1.97. The van der Waals surface area contributed by atoms with Gasteiger partial charge in [0.1, 0.15) is 11.7 Å². The molecule has 0 aromatic heterocycles. The number of alkyl carbamates (subject to hydrolysis) is 1. The molecule has 1 saturated heterocycles. The third-order valence-corrected chi connectivity index (χ3v) is 4.12. The van der Waals surface area contributed by atoms with Crippen molar-refractivity contribution in [3.63, 3.8) is 0 Å². The Labute approximate surface area is 172 Å². The summed E-state index contributed by atoms with van der Waals surface area (Å²) in [6, 6.07) is 0. The molecular formula is C20H34N2O7. The lowest BCUT2D eigenvalue weighted by Gasteiger charge is -2.37. The highest BCUT2D eigenvalue weighted by Gasteiger charge is 2.48. The van der Waals surface area contributed by atoms with E-state index in [1.165, 1.54) is 6.08 Å². The number of carbonyl (C=O) groups is 3. The lowest BCUT2D eigenvalue weighted by molar-refractivity contribution is -0.209. The van der Waals surface area contributed by atoms with Crippen molar-refractivity contribution in [3.05, 3.63) is 12.2 Å². The maximum absolute atomic E-state index is 12.5. The molecule has 0 aromatic carbocycles. The Morgan fingerprint density at radius 3 is 2.48 bits per heavy atom. The summed E-state index contributed by atoms with van der Waals surface area (Å²) in [5.74, 6) is -1.27. The lowest BCUT2D eigenvalue weighted by atomic mass is 9.98. The fraction of sp³-hybridized carbons (Fsp3) is 0.750. The second kappa shape index (κ2) is 11.3. The molecule has 1 aliphatic rings. The van der Waals surface area contributed by atoms with Crippen LogP contribution in [0.3, 0.4) is 0 Å². The zero-order valence-electron chi connectivity index (χ0n) is 18.0. The van der Waals surface area contributed by atoms with Crippen molar-refractivity contribution in [2.45, 2.75) is 83.5 Å². The van der Waals surface area contributed by atoms with Crippen LogP contribution in [0, 0.1) is 0 Å². The standard InChI is InChI=1S/C20H34N2O7/c1-6-7-10-14(23)13-15(28-16-11-8-9-12-27-16)20(21,17(24)26-5)22-18(25)29-19(2,3)4/h7,10,15-16H,6,8-9,11-13,21H2,1-5H3,(H,22,25)/t15-,16?,20+/m1/s1. The Morgan fingerprint density at radius 1 is 1.28 bits per heavy atom. The lowest BCUT2D eigenvalue weighted by Crippen LogP contribution is -2.70. The molecule has 1 rings (SSSR count). The van der Waals surface area contributed by atoms with Crippen molar-refractivity contribution < 1.29 is 33.3 Å². The van der Waals surface area contributed by atoms with Gasteiger partial charge in [0.2, 0.25) is 5.66 Å². The van der Waals surface area contributed by atoms with Gasteiger partial charge in [-0.3, -0.25) is 15.8 Å². The minimum atomic E-state index is -2.15. The van der Waals surface area contributed by atoms with E-state index in [2.05, 4.69) is 5.32 Å². The summed E-state index contributed by atoms with van der Waals surface area (Å²) in [6.07, 6.45) is 3.04. The van der Waals surface area contributed by atoms with Crippen molar-refractivity contribution in [1.29, 1.82) is 0 Å². The summed E-state index contributed by atoms with van der Waals surface area (Å²) in [6.45, 7) is 7.40. The van der Waals surface area contributed by atoms with Crippen LogP contribution in [0.2, 0.25) is 0 Å². The van der Waals surface area contributed by atoms with Gasteiger partial charge in [0, 0.05) is 13.0 Å². The summed E-state index contributed by atoms with van der Waals surface area (Å²) in [7, 11) is 1.13. The fourth-order valence-corrected chi connectivity index (χ4v) is 2.72. The number of ether oxygens (including phenoxy) is 4. The van der Waals surface area contributed by atoms with E-state index in [0.29, 0.717) is 19.4 Å². The molecule has 0 aliphatic carbocycles. The average molecular weight is 414 g/mol. The first-order valence-corrected chi connectivity index (χ1v) is 9.86. The van der Waals surface area contributed by atoms with Gasteiger partial charge < -0.3 is 18.9 Å². The van der Waals surface area contributed by atoms with Gasteiger partial charge in [-0.1, -0.05) is 13.0 Å². The molecule has 1 unspecified atom stereocenters. The van der Waals surface area contributed by atoms with Crippen LogP contribution < -0.4 is 11.1 Å². The van der Waals surface area contributed by atoms with Gasteiger partial charge in [-0.25, -0.2) is 9.59 Å². The highest BCUT2D eigenvalue weighted by molar-refractivity contribution is 5.92. The number of carbonyl (C=O) groups excluding carboxylic acids is 3. The van der Waals surface area contributed by atoms with E-state index in [1.54, 1.807) is 26.8 Å². The van der Waals surface area contributed by atoms with E-state index in [4.69, 9.17) is 24.7 Å². The van der Waals surface area contributed by atoms with Crippen LogP contribution in [0.4, 0.5) is 4.79 Å². The van der Waals surface area contributed by atoms with Crippen LogP contribution >= 0.6 is 0 Å². The highest BCUT2D eigenvalue weighted by Crippen LogP contribution is 2.23. The fourth-order valence-electron chi connectivity index (χ4n) is 2.72. The van der Waals surface area contributed by atoms with Crippen molar-refractivity contribution in [3.8, 4) is 0 Å². The van der Waals surface area contributed by atoms with Gasteiger partial charge in [0.15, 0.2) is 12.1 Å². The molecule has 9 nitrogen and oxygen atoms in total. The molecule has 1 amide bonds. The van der Waals surface area contributed by atoms with Gasteiger partial charge >= 0.3 is 12.1 Å². The van der Waals surface area contributed by atoms with E-state index in [0.717, 1.165) is 20.0 Å².